The molecule has 2 unspecified atom stereocenters. The van der Waals surface area contributed by atoms with E-state index in [-0.39, 0.29) is 30.4 Å². The molecule has 0 saturated heterocycles. The van der Waals surface area contributed by atoms with Crippen LogP contribution in [0.3, 0.4) is 0 Å². The molecule has 2 amide bonds. The molecule has 0 bridgehead atoms. The highest BCUT2D eigenvalue weighted by atomic mass is 16.5. The zero-order valence-corrected chi connectivity index (χ0v) is 19.8. The Kier molecular flexibility index (Phi) is 6.50. The van der Waals surface area contributed by atoms with Crippen molar-refractivity contribution in [1.82, 2.24) is 10.6 Å². The van der Waals surface area contributed by atoms with Gasteiger partial charge in [0.05, 0.1) is 0 Å². The van der Waals surface area contributed by atoms with Crippen molar-refractivity contribution in [3.8, 4) is 11.1 Å². The number of carbonyl (C=O) groups is 3. The summed E-state index contributed by atoms with van der Waals surface area (Å²) < 4.78 is 5.64. The van der Waals surface area contributed by atoms with E-state index < -0.39 is 17.6 Å². The van der Waals surface area contributed by atoms with Crippen LogP contribution in [-0.4, -0.2) is 41.3 Å². The molecule has 0 heterocycles. The third kappa shape index (κ3) is 4.64. The van der Waals surface area contributed by atoms with Crippen LogP contribution in [0.25, 0.3) is 11.1 Å². The lowest BCUT2D eigenvalue weighted by molar-refractivity contribution is -0.150. The molecule has 3 N–H and O–H groups in total. The minimum absolute atomic E-state index is 0.00189. The maximum atomic E-state index is 12.9. The Balaban J connectivity index is 1.14. The molecular weight excluding hydrogens is 444 g/mol. The number of carbonyl (C=O) groups excluding carboxylic acids is 2. The largest absolute Gasteiger partial charge is 0.480 e. The van der Waals surface area contributed by atoms with Gasteiger partial charge >= 0.3 is 12.1 Å². The predicted octanol–water partition coefficient (Wildman–Crippen LogP) is 4.60. The van der Waals surface area contributed by atoms with Crippen LogP contribution in [-0.2, 0) is 14.3 Å². The molecule has 3 aliphatic carbocycles. The minimum atomic E-state index is -1.15. The Morgan fingerprint density at radius 3 is 2.17 bits per heavy atom. The van der Waals surface area contributed by atoms with E-state index in [1.807, 2.05) is 24.3 Å². The summed E-state index contributed by atoms with van der Waals surface area (Å²) in [6, 6.07) is 16.2. The third-order valence-electron chi connectivity index (χ3n) is 7.95. The molecule has 0 spiro atoms. The zero-order chi connectivity index (χ0) is 24.4. The van der Waals surface area contributed by atoms with Gasteiger partial charge in [0.2, 0.25) is 5.91 Å². The number of carboxylic acids is 1. The zero-order valence-electron chi connectivity index (χ0n) is 19.8. The lowest BCUT2D eigenvalue weighted by atomic mass is 9.81. The summed E-state index contributed by atoms with van der Waals surface area (Å²) in [6.07, 6.45) is 4.87. The second-order valence-corrected chi connectivity index (χ2v) is 10.1. The van der Waals surface area contributed by atoms with Crippen LogP contribution in [0.15, 0.2) is 48.5 Å². The van der Waals surface area contributed by atoms with E-state index in [0.717, 1.165) is 30.4 Å². The van der Waals surface area contributed by atoms with Crippen molar-refractivity contribution in [3.63, 3.8) is 0 Å². The monoisotopic (exact) mass is 476 g/mol. The first-order valence-corrected chi connectivity index (χ1v) is 12.6. The number of carboxylic acid groups (broad SMARTS) is 1. The van der Waals surface area contributed by atoms with Crippen LogP contribution in [0, 0.1) is 5.92 Å². The maximum Gasteiger partial charge on any atom is 0.407 e. The predicted molar refractivity (Wildman–Crippen MR) is 131 cm³/mol. The second-order valence-electron chi connectivity index (χ2n) is 10.1. The highest BCUT2D eigenvalue weighted by Gasteiger charge is 2.43. The van der Waals surface area contributed by atoms with Gasteiger partial charge in [-0.05, 0) is 54.4 Å². The van der Waals surface area contributed by atoms with Crippen LogP contribution >= 0.6 is 0 Å². The van der Waals surface area contributed by atoms with Crippen molar-refractivity contribution in [1.29, 1.82) is 0 Å². The number of rotatable bonds is 6. The number of nitrogens with one attached hydrogen (secondary N) is 2. The van der Waals surface area contributed by atoms with Gasteiger partial charge in [-0.1, -0.05) is 67.8 Å². The van der Waals surface area contributed by atoms with Crippen LogP contribution in [0.5, 0.6) is 0 Å². The molecule has 0 aliphatic heterocycles. The molecule has 35 heavy (non-hydrogen) atoms. The Bertz CT molecular complexity index is 1080. The van der Waals surface area contributed by atoms with Gasteiger partial charge in [-0.2, -0.15) is 0 Å². The van der Waals surface area contributed by atoms with Gasteiger partial charge in [-0.3, -0.25) is 4.79 Å². The quantitative estimate of drug-likeness (QED) is 0.565. The number of amides is 2. The second kappa shape index (κ2) is 9.72. The van der Waals surface area contributed by atoms with E-state index in [1.54, 1.807) is 0 Å². The van der Waals surface area contributed by atoms with Crippen LogP contribution in [0.4, 0.5) is 4.79 Å². The van der Waals surface area contributed by atoms with Gasteiger partial charge in [0, 0.05) is 17.9 Å². The lowest BCUT2D eigenvalue weighted by Gasteiger charge is -2.34. The number of benzene rings is 2. The summed E-state index contributed by atoms with van der Waals surface area (Å²) in [6.45, 7) is 0.248. The van der Waals surface area contributed by atoms with Gasteiger partial charge in [0.1, 0.15) is 12.1 Å². The van der Waals surface area contributed by atoms with Crippen molar-refractivity contribution < 1.29 is 24.2 Å². The summed E-state index contributed by atoms with van der Waals surface area (Å²) in [4.78, 5) is 37.4. The number of aliphatic carboxylic acids is 1. The van der Waals surface area contributed by atoms with E-state index in [2.05, 4.69) is 34.9 Å². The summed E-state index contributed by atoms with van der Waals surface area (Å²) in [5.41, 5.74) is 3.54. The van der Waals surface area contributed by atoms with Crippen molar-refractivity contribution >= 4 is 18.0 Å². The van der Waals surface area contributed by atoms with Crippen LogP contribution in [0.1, 0.15) is 68.4 Å². The molecule has 0 aromatic heterocycles. The smallest absolute Gasteiger partial charge is 0.407 e. The molecule has 7 heteroatoms. The van der Waals surface area contributed by atoms with Gasteiger partial charge < -0.3 is 20.5 Å². The molecular formula is C28H32N2O5. The Labute approximate surface area is 205 Å². The average Bonchev–Trinajstić information content (AvgIpc) is 3.46. The van der Waals surface area contributed by atoms with E-state index in [4.69, 9.17) is 4.74 Å². The molecule has 3 aliphatic rings. The Morgan fingerprint density at radius 1 is 0.914 bits per heavy atom. The standard InChI is InChI=1S/C28H32N2O5/c31-25(30-28(26(32)33)14-6-1-7-15-28)18-12-13-19(16-18)29-27(34)35-17-24-22-10-4-2-8-20(22)21-9-3-5-11-23(21)24/h2-5,8-11,18-19,24H,1,6-7,12-17H2,(H,29,34)(H,30,31)(H,32,33). The Morgan fingerprint density at radius 2 is 1.54 bits per heavy atom. The highest BCUT2D eigenvalue weighted by Crippen LogP contribution is 2.44. The summed E-state index contributed by atoms with van der Waals surface area (Å²) in [7, 11) is 0. The summed E-state index contributed by atoms with van der Waals surface area (Å²) >= 11 is 0. The SMILES string of the molecule is O=C(NC1CCC(C(=O)NC2(C(=O)O)CCCCC2)C1)OCC1c2ccccc2-c2ccccc21. The molecule has 2 fully saturated rings. The molecule has 0 radical (unpaired) electrons. The molecule has 5 rings (SSSR count). The first-order chi connectivity index (χ1) is 17.0. The number of alkyl carbamates (subject to hydrolysis) is 1. The maximum absolute atomic E-state index is 12.9. The van der Waals surface area contributed by atoms with Crippen LogP contribution < -0.4 is 10.6 Å². The van der Waals surface area contributed by atoms with Gasteiger partial charge in [-0.15, -0.1) is 0 Å². The van der Waals surface area contributed by atoms with E-state index >= 15 is 0 Å². The molecule has 2 atom stereocenters. The summed E-state index contributed by atoms with van der Waals surface area (Å²) in [5.74, 6) is -1.46. The van der Waals surface area contributed by atoms with Gasteiger partial charge in [-0.25, -0.2) is 9.59 Å². The summed E-state index contributed by atoms with van der Waals surface area (Å²) in [5, 5.41) is 15.5. The molecule has 2 aromatic carbocycles. The molecule has 184 valence electrons. The number of hydrogen-bond acceptors (Lipinski definition) is 4. The highest BCUT2D eigenvalue weighted by molar-refractivity contribution is 5.88. The molecule has 2 saturated carbocycles. The van der Waals surface area contributed by atoms with Crippen molar-refractivity contribution in [2.75, 3.05) is 6.61 Å². The van der Waals surface area contributed by atoms with Crippen LogP contribution in [0.2, 0.25) is 0 Å². The van der Waals surface area contributed by atoms with Crippen molar-refractivity contribution in [3.05, 3.63) is 59.7 Å². The first-order valence-electron chi connectivity index (χ1n) is 12.6. The normalized spacial score (nSPS) is 22.6. The molecule has 7 nitrogen and oxygen atoms in total. The first kappa shape index (κ1) is 23.4. The number of ether oxygens (including phenoxy) is 1. The fourth-order valence-corrected chi connectivity index (χ4v) is 6.04. The van der Waals surface area contributed by atoms with E-state index in [0.29, 0.717) is 32.1 Å². The van der Waals surface area contributed by atoms with E-state index in [9.17, 15) is 19.5 Å². The lowest BCUT2D eigenvalue weighted by Crippen LogP contribution is -2.56. The number of hydrogen-bond donors (Lipinski definition) is 3. The number of fused-ring (bicyclic) bond motifs is 3. The topological polar surface area (TPSA) is 105 Å². The molecule has 2 aromatic rings. The Hall–Kier alpha value is -3.35. The van der Waals surface area contributed by atoms with Crippen molar-refractivity contribution in [2.45, 2.75) is 68.9 Å². The van der Waals surface area contributed by atoms with Crippen molar-refractivity contribution in [2.24, 2.45) is 5.92 Å². The minimum Gasteiger partial charge on any atom is -0.480 e. The average molecular weight is 477 g/mol. The third-order valence-corrected chi connectivity index (χ3v) is 7.95. The van der Waals surface area contributed by atoms with E-state index in [1.165, 1.54) is 11.1 Å². The van der Waals surface area contributed by atoms with Gasteiger partial charge in [0.15, 0.2) is 0 Å². The fraction of sp³-hybridized carbons (Fsp3) is 0.464. The fourth-order valence-electron chi connectivity index (χ4n) is 6.04. The van der Waals surface area contributed by atoms with Gasteiger partial charge in [0.25, 0.3) is 0 Å².